The molecular formula is C19H17N5O5S3. The molecule has 1 saturated heterocycles. The van der Waals surface area contributed by atoms with Crippen LogP contribution in [0.1, 0.15) is 10.6 Å². The smallest absolute Gasteiger partial charge is 0.352 e. The third kappa shape index (κ3) is 4.23. The molecule has 4 rings (SSSR count). The molecule has 1 aromatic carbocycles. The highest BCUT2D eigenvalue weighted by molar-refractivity contribution is 8.01. The molecule has 13 heteroatoms. The number of carboxylic acids is 1. The van der Waals surface area contributed by atoms with Crippen LogP contribution in [0.4, 0.5) is 0 Å². The van der Waals surface area contributed by atoms with E-state index in [0.29, 0.717) is 22.6 Å². The predicted octanol–water partition coefficient (Wildman–Crippen LogP) is 1.56. The van der Waals surface area contributed by atoms with Gasteiger partial charge in [0.25, 0.3) is 11.8 Å². The molecule has 2 amide bonds. The lowest BCUT2D eigenvalue weighted by Crippen LogP contribution is -2.71. The van der Waals surface area contributed by atoms with Gasteiger partial charge in [0.15, 0.2) is 10.1 Å². The van der Waals surface area contributed by atoms with E-state index in [1.807, 2.05) is 6.92 Å². The molecule has 10 nitrogen and oxygen atoms in total. The number of rotatable bonds is 7. The van der Waals surface area contributed by atoms with Gasteiger partial charge in [-0.2, -0.15) is 0 Å². The van der Waals surface area contributed by atoms with Crippen molar-refractivity contribution < 1.29 is 24.7 Å². The molecule has 0 spiro atoms. The van der Waals surface area contributed by atoms with Gasteiger partial charge in [-0.05, 0) is 12.5 Å². The Morgan fingerprint density at radius 3 is 2.69 bits per heavy atom. The molecule has 0 radical (unpaired) electrons. The Morgan fingerprint density at radius 1 is 1.31 bits per heavy atom. The van der Waals surface area contributed by atoms with E-state index in [0.717, 1.165) is 9.35 Å². The Balaban J connectivity index is 1.48. The van der Waals surface area contributed by atoms with Crippen molar-refractivity contribution >= 4 is 58.4 Å². The molecular weight excluding hydrogens is 474 g/mol. The van der Waals surface area contributed by atoms with E-state index < -0.39 is 29.2 Å². The van der Waals surface area contributed by atoms with Crippen LogP contribution in [0.15, 0.2) is 51.1 Å². The Hall–Kier alpha value is -2.90. The van der Waals surface area contributed by atoms with E-state index in [-0.39, 0.29) is 11.4 Å². The van der Waals surface area contributed by atoms with Gasteiger partial charge in [-0.1, -0.05) is 58.6 Å². The van der Waals surface area contributed by atoms with Gasteiger partial charge in [0.05, 0.1) is 0 Å². The molecule has 2 aromatic rings. The number of benzene rings is 1. The summed E-state index contributed by atoms with van der Waals surface area (Å²) in [6.07, 6.45) is 0. The van der Waals surface area contributed by atoms with Gasteiger partial charge in [0.1, 0.15) is 22.1 Å². The van der Waals surface area contributed by atoms with Gasteiger partial charge in [-0.25, -0.2) is 4.79 Å². The predicted molar refractivity (Wildman–Crippen MR) is 120 cm³/mol. The molecule has 0 aliphatic carbocycles. The number of aliphatic carboxylic acids is 1. The minimum atomic E-state index is -1.20. The Bertz CT molecular complexity index is 1130. The van der Waals surface area contributed by atoms with Crippen molar-refractivity contribution in [2.45, 2.75) is 22.7 Å². The maximum absolute atomic E-state index is 12.8. The molecule has 2 atom stereocenters. The molecule has 1 unspecified atom stereocenters. The van der Waals surface area contributed by atoms with Crippen LogP contribution in [-0.2, 0) is 14.4 Å². The van der Waals surface area contributed by atoms with Crippen LogP contribution < -0.4 is 5.32 Å². The summed E-state index contributed by atoms with van der Waals surface area (Å²) in [7, 11) is 0. The van der Waals surface area contributed by atoms with Gasteiger partial charge >= 0.3 is 5.97 Å². The van der Waals surface area contributed by atoms with E-state index in [4.69, 9.17) is 0 Å². The van der Waals surface area contributed by atoms with Gasteiger partial charge in [0.2, 0.25) is 0 Å². The fraction of sp³-hybridized carbons (Fsp3) is 0.263. The van der Waals surface area contributed by atoms with Crippen molar-refractivity contribution in [3.63, 3.8) is 0 Å². The number of β-lactam (4-membered cyclic amide) rings is 1. The number of aryl methyl sites for hydroxylation is 1. The summed E-state index contributed by atoms with van der Waals surface area (Å²) in [5, 5.41) is 32.9. The fourth-order valence-corrected chi connectivity index (χ4v) is 6.62. The van der Waals surface area contributed by atoms with Crippen molar-refractivity contribution in [3.8, 4) is 0 Å². The van der Waals surface area contributed by atoms with Crippen LogP contribution in [0.25, 0.3) is 0 Å². The Labute approximate surface area is 194 Å². The number of oxime groups is 1. The average Bonchev–Trinajstić information content (AvgIpc) is 3.21. The standard InChI is InChI=1S/C19H17N5O5S3/c1-9-21-22-19(32-9)31-8-11-7-30-17-13(16(26)24(17)14(11)18(27)28)20-15(25)12(23-29)10-5-3-2-4-6-10/h2-6,13,17,29H,7-8H2,1H3,(H,20,25)(H,27,28)/t13?,17-/m0/s1. The summed E-state index contributed by atoms with van der Waals surface area (Å²) in [4.78, 5) is 38.6. The summed E-state index contributed by atoms with van der Waals surface area (Å²) < 4.78 is 0.726. The highest BCUT2D eigenvalue weighted by atomic mass is 32.2. The van der Waals surface area contributed by atoms with Gasteiger partial charge in [-0.15, -0.1) is 22.0 Å². The molecule has 3 heterocycles. The number of hydrogen-bond donors (Lipinski definition) is 3. The Morgan fingerprint density at radius 2 is 2.06 bits per heavy atom. The van der Waals surface area contributed by atoms with Gasteiger partial charge in [0, 0.05) is 17.1 Å². The van der Waals surface area contributed by atoms with Crippen LogP contribution in [-0.4, -0.2) is 71.8 Å². The zero-order valence-electron chi connectivity index (χ0n) is 16.6. The highest BCUT2D eigenvalue weighted by Crippen LogP contribution is 2.41. The first-order valence-corrected chi connectivity index (χ1v) is 12.2. The maximum atomic E-state index is 12.8. The molecule has 2 aliphatic rings. The number of carbonyl (C=O) groups excluding carboxylic acids is 2. The number of amides is 2. The number of thioether (sulfide) groups is 2. The van der Waals surface area contributed by atoms with Gasteiger partial charge < -0.3 is 15.6 Å². The second kappa shape index (κ2) is 9.30. The number of carboxylic acid groups (broad SMARTS) is 1. The zero-order valence-corrected chi connectivity index (χ0v) is 19.0. The van der Waals surface area contributed by atoms with Crippen LogP contribution >= 0.6 is 34.9 Å². The molecule has 0 saturated carbocycles. The molecule has 3 N–H and O–H groups in total. The average molecular weight is 492 g/mol. The minimum absolute atomic E-state index is 0.0582. The topological polar surface area (TPSA) is 145 Å². The third-order valence-electron chi connectivity index (χ3n) is 4.78. The van der Waals surface area contributed by atoms with Crippen molar-refractivity contribution in [1.29, 1.82) is 0 Å². The van der Waals surface area contributed by atoms with E-state index in [1.54, 1.807) is 30.3 Å². The molecule has 2 aliphatic heterocycles. The lowest BCUT2D eigenvalue weighted by atomic mass is 10.0. The number of hydrogen-bond acceptors (Lipinski definition) is 10. The number of fused-ring (bicyclic) bond motifs is 1. The SMILES string of the molecule is Cc1nnc(SCC2=C(C(=O)O)N3C(=O)C(NC(=O)C(=NO)c4ccccc4)[C@@H]3SC2)s1. The van der Waals surface area contributed by atoms with Crippen molar-refractivity contribution in [2.75, 3.05) is 11.5 Å². The monoisotopic (exact) mass is 491 g/mol. The Kier molecular flexibility index (Phi) is 6.48. The van der Waals surface area contributed by atoms with Crippen LogP contribution in [0.5, 0.6) is 0 Å². The van der Waals surface area contributed by atoms with Crippen LogP contribution in [0, 0.1) is 6.92 Å². The van der Waals surface area contributed by atoms with Crippen LogP contribution in [0.2, 0.25) is 0 Å². The molecule has 1 aromatic heterocycles. The lowest BCUT2D eigenvalue weighted by Gasteiger charge is -2.49. The zero-order chi connectivity index (χ0) is 22.8. The molecule has 166 valence electrons. The summed E-state index contributed by atoms with van der Waals surface area (Å²) >= 11 is 4.16. The fourth-order valence-electron chi connectivity index (χ4n) is 3.32. The lowest BCUT2D eigenvalue weighted by molar-refractivity contribution is -0.150. The van der Waals surface area contributed by atoms with E-state index >= 15 is 0 Å². The largest absolute Gasteiger partial charge is 0.477 e. The molecule has 0 bridgehead atoms. The van der Waals surface area contributed by atoms with E-state index in [9.17, 15) is 24.7 Å². The first-order valence-electron chi connectivity index (χ1n) is 9.32. The van der Waals surface area contributed by atoms with E-state index in [2.05, 4.69) is 20.7 Å². The first-order chi connectivity index (χ1) is 15.4. The minimum Gasteiger partial charge on any atom is -0.477 e. The number of nitrogens with one attached hydrogen (secondary N) is 1. The summed E-state index contributed by atoms with van der Waals surface area (Å²) in [6, 6.07) is 7.43. The highest BCUT2D eigenvalue weighted by Gasteiger charge is 2.54. The summed E-state index contributed by atoms with van der Waals surface area (Å²) in [6.45, 7) is 1.84. The molecule has 1 fully saturated rings. The second-order valence-corrected chi connectivity index (χ2v) is 10.3. The molecule has 32 heavy (non-hydrogen) atoms. The maximum Gasteiger partial charge on any atom is 0.352 e. The number of nitrogens with zero attached hydrogens (tertiary/aromatic N) is 4. The first kappa shape index (κ1) is 22.3. The van der Waals surface area contributed by atoms with Gasteiger partial charge in [-0.3, -0.25) is 14.5 Å². The van der Waals surface area contributed by atoms with E-state index in [1.165, 1.54) is 39.8 Å². The number of carbonyl (C=O) groups is 3. The summed E-state index contributed by atoms with van der Waals surface area (Å²) in [5.41, 5.74) is 0.717. The normalized spacial score (nSPS) is 20.6. The quantitative estimate of drug-likeness (QED) is 0.173. The van der Waals surface area contributed by atoms with Crippen molar-refractivity contribution in [3.05, 3.63) is 52.2 Å². The van der Waals surface area contributed by atoms with Crippen LogP contribution in [0.3, 0.4) is 0 Å². The number of aromatic nitrogens is 2. The van der Waals surface area contributed by atoms with Crippen molar-refractivity contribution in [2.24, 2.45) is 5.16 Å². The second-order valence-electron chi connectivity index (χ2n) is 6.81. The van der Waals surface area contributed by atoms with Crippen molar-refractivity contribution in [1.82, 2.24) is 20.4 Å². The third-order valence-corrected chi connectivity index (χ3v) is 8.17. The summed E-state index contributed by atoms with van der Waals surface area (Å²) in [5.74, 6) is -1.67.